The molecule has 1 atom stereocenters. The quantitative estimate of drug-likeness (QED) is 0.552. The molecule has 180 valence electrons. The number of rotatable bonds is 9. The number of carbonyl (C=O) groups is 1. The summed E-state index contributed by atoms with van der Waals surface area (Å²) in [4.78, 5) is 13.0. The highest BCUT2D eigenvalue weighted by molar-refractivity contribution is 7.89. The average Bonchev–Trinajstić information content (AvgIpc) is 2.82. The van der Waals surface area contributed by atoms with Crippen LogP contribution in [-0.4, -0.2) is 45.4 Å². The van der Waals surface area contributed by atoms with Crippen LogP contribution < -0.4 is 14.8 Å². The number of benzene rings is 2. The van der Waals surface area contributed by atoms with Gasteiger partial charge < -0.3 is 14.8 Å². The minimum atomic E-state index is -3.94. The largest absolute Gasteiger partial charge is 0.493 e. The summed E-state index contributed by atoms with van der Waals surface area (Å²) in [5.74, 6) is 0.408. The molecule has 33 heavy (non-hydrogen) atoms. The van der Waals surface area contributed by atoms with Crippen LogP contribution in [0.25, 0.3) is 0 Å². The fourth-order valence-electron chi connectivity index (χ4n) is 4.16. The first-order valence-electron chi connectivity index (χ1n) is 11.0. The van der Waals surface area contributed by atoms with E-state index in [9.17, 15) is 13.2 Å². The first-order valence-corrected chi connectivity index (χ1v) is 12.9. The number of ether oxygens (including phenoxy) is 2. The van der Waals surface area contributed by atoms with E-state index in [0.717, 1.165) is 37.7 Å². The smallest absolute Gasteiger partial charge is 0.243 e. The van der Waals surface area contributed by atoms with Gasteiger partial charge in [-0.15, -0.1) is 0 Å². The SMILES string of the molecule is COc1ccc(S(=O)(=O)N(CC(=O)N[C@@H](C)c2ccc(Cl)cc2)C2CCCCC2)cc1OC. The molecule has 2 aromatic carbocycles. The van der Waals surface area contributed by atoms with Crippen LogP contribution in [0.5, 0.6) is 11.5 Å². The normalized spacial score (nSPS) is 15.8. The van der Waals surface area contributed by atoms with Crippen molar-refractivity contribution in [2.45, 2.75) is 56.0 Å². The van der Waals surface area contributed by atoms with E-state index in [4.69, 9.17) is 21.1 Å². The standard InChI is InChI=1S/C24H31ClN2O5S/c1-17(18-9-11-19(25)12-10-18)26-24(28)16-27(20-7-5-4-6-8-20)33(29,30)21-13-14-22(31-2)23(15-21)32-3/h9-15,17,20H,4-8,16H2,1-3H3,(H,26,28)/t17-/m0/s1. The van der Waals surface area contributed by atoms with Crippen molar-refractivity contribution in [3.63, 3.8) is 0 Å². The third-order valence-corrected chi connectivity index (χ3v) is 8.14. The minimum absolute atomic E-state index is 0.0734. The van der Waals surface area contributed by atoms with Crippen LogP contribution in [0, 0.1) is 0 Å². The minimum Gasteiger partial charge on any atom is -0.493 e. The number of nitrogens with one attached hydrogen (secondary N) is 1. The zero-order valence-electron chi connectivity index (χ0n) is 19.2. The molecule has 0 bridgehead atoms. The first-order chi connectivity index (χ1) is 15.8. The number of methoxy groups -OCH3 is 2. The van der Waals surface area contributed by atoms with Crippen LogP contribution in [0.4, 0.5) is 0 Å². The molecular weight excluding hydrogens is 464 g/mol. The van der Waals surface area contributed by atoms with Crippen molar-refractivity contribution in [3.8, 4) is 11.5 Å². The van der Waals surface area contributed by atoms with Crippen molar-refractivity contribution in [1.82, 2.24) is 9.62 Å². The van der Waals surface area contributed by atoms with Crippen LogP contribution in [0.2, 0.25) is 5.02 Å². The molecule has 0 heterocycles. The Bertz CT molecular complexity index is 1050. The predicted molar refractivity (Wildman–Crippen MR) is 128 cm³/mol. The lowest BCUT2D eigenvalue weighted by Crippen LogP contribution is -2.47. The van der Waals surface area contributed by atoms with Crippen molar-refractivity contribution < 1.29 is 22.7 Å². The fraction of sp³-hybridized carbons (Fsp3) is 0.458. The van der Waals surface area contributed by atoms with E-state index in [2.05, 4.69) is 5.32 Å². The number of hydrogen-bond acceptors (Lipinski definition) is 5. The highest BCUT2D eigenvalue weighted by Crippen LogP contribution is 2.33. The number of halogens is 1. The second-order valence-corrected chi connectivity index (χ2v) is 10.5. The maximum atomic E-state index is 13.7. The third-order valence-electron chi connectivity index (χ3n) is 5.99. The van der Waals surface area contributed by atoms with E-state index in [1.54, 1.807) is 18.2 Å². The summed E-state index contributed by atoms with van der Waals surface area (Å²) in [6, 6.07) is 11.2. The van der Waals surface area contributed by atoms with E-state index < -0.39 is 10.0 Å². The van der Waals surface area contributed by atoms with Crippen LogP contribution >= 0.6 is 11.6 Å². The summed E-state index contributed by atoms with van der Waals surface area (Å²) in [5.41, 5.74) is 0.889. The first kappa shape index (κ1) is 25.3. The second kappa shape index (κ2) is 11.2. The topological polar surface area (TPSA) is 84.9 Å². The molecule has 0 saturated heterocycles. The molecular formula is C24H31ClN2O5S. The van der Waals surface area contributed by atoms with Gasteiger partial charge in [0, 0.05) is 17.1 Å². The van der Waals surface area contributed by atoms with Crippen molar-refractivity contribution in [1.29, 1.82) is 0 Å². The molecule has 7 nitrogen and oxygen atoms in total. The van der Waals surface area contributed by atoms with E-state index in [-0.39, 0.29) is 29.4 Å². The van der Waals surface area contributed by atoms with Crippen LogP contribution in [-0.2, 0) is 14.8 Å². The lowest BCUT2D eigenvalue weighted by Gasteiger charge is -2.33. The van der Waals surface area contributed by atoms with Crippen molar-refractivity contribution in [3.05, 3.63) is 53.1 Å². The molecule has 1 aliphatic rings. The lowest BCUT2D eigenvalue weighted by atomic mass is 9.95. The van der Waals surface area contributed by atoms with Gasteiger partial charge in [-0.25, -0.2) is 8.42 Å². The Labute approximate surface area is 201 Å². The van der Waals surface area contributed by atoms with Crippen molar-refractivity contribution in [2.24, 2.45) is 0 Å². The monoisotopic (exact) mass is 494 g/mol. The zero-order chi connectivity index (χ0) is 24.0. The summed E-state index contributed by atoms with van der Waals surface area (Å²) in [6.07, 6.45) is 4.40. The van der Waals surface area contributed by atoms with Gasteiger partial charge in [-0.2, -0.15) is 4.31 Å². The highest BCUT2D eigenvalue weighted by atomic mass is 35.5. The number of sulfonamides is 1. The number of hydrogen-bond donors (Lipinski definition) is 1. The van der Waals surface area contributed by atoms with E-state index in [1.807, 2.05) is 19.1 Å². The van der Waals surface area contributed by atoms with E-state index in [0.29, 0.717) is 16.5 Å². The molecule has 2 aromatic rings. The third kappa shape index (κ3) is 6.19. The molecule has 1 N–H and O–H groups in total. The van der Waals surface area contributed by atoms with Gasteiger partial charge in [-0.3, -0.25) is 4.79 Å². The van der Waals surface area contributed by atoms with Gasteiger partial charge in [0.05, 0.1) is 31.7 Å². The molecule has 9 heteroatoms. The summed E-state index contributed by atoms with van der Waals surface area (Å²) < 4.78 is 39.2. The summed E-state index contributed by atoms with van der Waals surface area (Å²) >= 11 is 5.95. The Morgan fingerprint density at radius 2 is 1.70 bits per heavy atom. The molecule has 0 radical (unpaired) electrons. The van der Waals surface area contributed by atoms with E-state index in [1.165, 1.54) is 30.7 Å². The summed E-state index contributed by atoms with van der Waals surface area (Å²) in [6.45, 7) is 1.61. The molecule has 0 aromatic heterocycles. The van der Waals surface area contributed by atoms with Crippen LogP contribution in [0.1, 0.15) is 50.6 Å². The fourth-order valence-corrected chi connectivity index (χ4v) is 5.94. The predicted octanol–water partition coefficient (Wildman–Crippen LogP) is 4.56. The molecule has 0 aliphatic heterocycles. The highest BCUT2D eigenvalue weighted by Gasteiger charge is 2.34. The summed E-state index contributed by atoms with van der Waals surface area (Å²) in [5, 5.41) is 3.53. The van der Waals surface area contributed by atoms with Crippen LogP contribution in [0.15, 0.2) is 47.4 Å². The maximum absolute atomic E-state index is 13.7. The zero-order valence-corrected chi connectivity index (χ0v) is 20.8. The van der Waals surface area contributed by atoms with Crippen molar-refractivity contribution >= 4 is 27.5 Å². The van der Waals surface area contributed by atoms with Gasteiger partial charge in [-0.05, 0) is 49.6 Å². The Morgan fingerprint density at radius 3 is 2.30 bits per heavy atom. The van der Waals surface area contributed by atoms with Gasteiger partial charge in [0.1, 0.15) is 0 Å². The van der Waals surface area contributed by atoms with Gasteiger partial charge in [-0.1, -0.05) is 43.0 Å². The molecule has 1 aliphatic carbocycles. The Balaban J connectivity index is 1.85. The van der Waals surface area contributed by atoms with Crippen molar-refractivity contribution in [2.75, 3.05) is 20.8 Å². The number of amides is 1. The van der Waals surface area contributed by atoms with Gasteiger partial charge in [0.2, 0.25) is 15.9 Å². The lowest BCUT2D eigenvalue weighted by molar-refractivity contribution is -0.122. The molecule has 0 spiro atoms. The van der Waals surface area contributed by atoms with Crippen LogP contribution in [0.3, 0.4) is 0 Å². The summed E-state index contributed by atoms with van der Waals surface area (Å²) in [7, 11) is -0.990. The van der Waals surface area contributed by atoms with Gasteiger partial charge in [0.15, 0.2) is 11.5 Å². The Morgan fingerprint density at radius 1 is 1.06 bits per heavy atom. The van der Waals surface area contributed by atoms with E-state index >= 15 is 0 Å². The second-order valence-electron chi connectivity index (χ2n) is 8.20. The van der Waals surface area contributed by atoms with Gasteiger partial charge in [0.25, 0.3) is 0 Å². The molecule has 0 unspecified atom stereocenters. The maximum Gasteiger partial charge on any atom is 0.243 e. The Kier molecular flexibility index (Phi) is 8.62. The molecule has 1 saturated carbocycles. The molecule has 1 amide bonds. The van der Waals surface area contributed by atoms with Gasteiger partial charge >= 0.3 is 0 Å². The number of nitrogens with zero attached hydrogens (tertiary/aromatic N) is 1. The average molecular weight is 495 g/mol. The molecule has 1 fully saturated rings. The number of carbonyl (C=O) groups excluding carboxylic acids is 1. The molecule has 3 rings (SSSR count). The Hall–Kier alpha value is -2.29.